The fraction of sp³-hybridized carbons (Fsp3) is 0.273. The lowest BCUT2D eigenvalue weighted by molar-refractivity contribution is -0.139. The van der Waals surface area contributed by atoms with Gasteiger partial charge in [-0.1, -0.05) is 22.9 Å². The normalized spacial score (nSPS) is 11.9. The summed E-state index contributed by atoms with van der Waals surface area (Å²) in [5, 5.41) is 11.3. The van der Waals surface area contributed by atoms with Gasteiger partial charge in [-0.2, -0.15) is 0 Å². The minimum absolute atomic E-state index is 0.324. The molecule has 1 unspecified atom stereocenters. The molecule has 92 valence electrons. The molecule has 5 nitrogen and oxygen atoms in total. The van der Waals surface area contributed by atoms with Crippen LogP contribution in [0.3, 0.4) is 0 Å². The Morgan fingerprint density at radius 2 is 2.12 bits per heavy atom. The number of benzene rings is 1. The molecule has 0 heterocycles. The first-order valence-corrected chi connectivity index (χ1v) is 5.83. The lowest BCUT2D eigenvalue weighted by atomic mass is 10.1. The molecule has 1 atom stereocenters. The summed E-state index contributed by atoms with van der Waals surface area (Å²) >= 11 is 3.22. The summed E-state index contributed by atoms with van der Waals surface area (Å²) in [6.07, 6.45) is 0.324. The van der Waals surface area contributed by atoms with E-state index in [9.17, 15) is 9.59 Å². The van der Waals surface area contributed by atoms with Gasteiger partial charge >= 0.3 is 5.97 Å². The van der Waals surface area contributed by atoms with Gasteiger partial charge in [-0.3, -0.25) is 4.79 Å². The molecular formula is C11H13BrN2O3. The summed E-state index contributed by atoms with van der Waals surface area (Å²) in [5.74, 6) is -1.50. The summed E-state index contributed by atoms with van der Waals surface area (Å²) in [6, 6.07) is 3.85. The second-order valence-electron chi connectivity index (χ2n) is 3.55. The van der Waals surface area contributed by atoms with E-state index in [0.29, 0.717) is 22.1 Å². The predicted molar refractivity (Wildman–Crippen MR) is 67.7 cm³/mol. The van der Waals surface area contributed by atoms with Crippen LogP contribution in [0.2, 0.25) is 0 Å². The first-order chi connectivity index (χ1) is 7.93. The molecule has 1 rings (SSSR count). The van der Waals surface area contributed by atoms with Crippen LogP contribution in [0.1, 0.15) is 23.7 Å². The van der Waals surface area contributed by atoms with E-state index in [0.717, 1.165) is 0 Å². The molecule has 0 saturated carbocycles. The van der Waals surface area contributed by atoms with Crippen molar-refractivity contribution in [2.75, 3.05) is 5.73 Å². The number of amides is 1. The highest BCUT2D eigenvalue weighted by molar-refractivity contribution is 9.10. The predicted octanol–water partition coefficient (Wildman–Crippen LogP) is 1.62. The lowest BCUT2D eigenvalue weighted by Crippen LogP contribution is -2.40. The molecule has 0 fully saturated rings. The maximum Gasteiger partial charge on any atom is 0.326 e. The van der Waals surface area contributed by atoms with Crippen molar-refractivity contribution in [3.8, 4) is 0 Å². The molecule has 4 N–H and O–H groups in total. The van der Waals surface area contributed by atoms with Gasteiger partial charge in [-0.15, -0.1) is 0 Å². The summed E-state index contributed by atoms with van der Waals surface area (Å²) in [6.45, 7) is 1.69. The number of nitrogens with one attached hydrogen (secondary N) is 1. The highest BCUT2D eigenvalue weighted by atomic mass is 79.9. The van der Waals surface area contributed by atoms with Crippen LogP contribution in [0.5, 0.6) is 0 Å². The van der Waals surface area contributed by atoms with Crippen molar-refractivity contribution in [3.63, 3.8) is 0 Å². The van der Waals surface area contributed by atoms with E-state index in [1.54, 1.807) is 19.1 Å². The molecule has 0 radical (unpaired) electrons. The van der Waals surface area contributed by atoms with Crippen molar-refractivity contribution in [1.29, 1.82) is 0 Å². The fourth-order valence-electron chi connectivity index (χ4n) is 1.32. The van der Waals surface area contributed by atoms with E-state index in [2.05, 4.69) is 21.2 Å². The van der Waals surface area contributed by atoms with Crippen molar-refractivity contribution in [2.45, 2.75) is 19.4 Å². The van der Waals surface area contributed by atoms with Crippen LogP contribution >= 0.6 is 15.9 Å². The van der Waals surface area contributed by atoms with Crippen LogP contribution in [0.25, 0.3) is 0 Å². The fourth-order valence-corrected chi connectivity index (χ4v) is 1.83. The summed E-state index contributed by atoms with van der Waals surface area (Å²) < 4.78 is 0.672. The van der Waals surface area contributed by atoms with Gasteiger partial charge in [0.2, 0.25) is 0 Å². The number of nitrogen functional groups attached to an aromatic ring is 1. The third kappa shape index (κ3) is 3.74. The Hall–Kier alpha value is -1.56. The monoisotopic (exact) mass is 300 g/mol. The Balaban J connectivity index is 2.86. The summed E-state index contributed by atoms with van der Waals surface area (Å²) in [5.41, 5.74) is 6.36. The number of hydrogen-bond donors (Lipinski definition) is 3. The third-order valence-corrected chi connectivity index (χ3v) is 2.65. The maximum absolute atomic E-state index is 11.8. The van der Waals surface area contributed by atoms with Crippen molar-refractivity contribution in [2.24, 2.45) is 0 Å². The number of hydrogen-bond acceptors (Lipinski definition) is 3. The molecule has 0 saturated heterocycles. The molecule has 0 spiro atoms. The average molecular weight is 301 g/mol. The minimum atomic E-state index is -1.05. The zero-order valence-corrected chi connectivity index (χ0v) is 10.8. The number of nitrogens with two attached hydrogens (primary N) is 1. The molecule has 0 bridgehead atoms. The average Bonchev–Trinajstić information content (AvgIpc) is 2.23. The smallest absolute Gasteiger partial charge is 0.326 e. The Morgan fingerprint density at radius 3 is 2.59 bits per heavy atom. The van der Waals surface area contributed by atoms with Gasteiger partial charge < -0.3 is 16.2 Å². The standard InChI is InChI=1S/C11H13BrN2O3/c1-2-9(11(16)17)14-10(15)6-3-7(12)5-8(13)4-6/h3-5,9H,2,13H2,1H3,(H,14,15)(H,16,17). The zero-order valence-electron chi connectivity index (χ0n) is 9.24. The lowest BCUT2D eigenvalue weighted by Gasteiger charge is -2.12. The number of carboxylic acid groups (broad SMARTS) is 1. The Morgan fingerprint density at radius 1 is 1.47 bits per heavy atom. The second-order valence-corrected chi connectivity index (χ2v) is 4.46. The number of rotatable bonds is 4. The van der Waals surface area contributed by atoms with Crippen molar-refractivity contribution < 1.29 is 14.7 Å². The first-order valence-electron chi connectivity index (χ1n) is 5.03. The zero-order chi connectivity index (χ0) is 13.0. The molecule has 0 aliphatic rings. The van der Waals surface area contributed by atoms with Gasteiger partial charge in [0, 0.05) is 15.7 Å². The van der Waals surface area contributed by atoms with Gasteiger partial charge in [0.25, 0.3) is 5.91 Å². The van der Waals surface area contributed by atoms with Crippen molar-refractivity contribution in [1.82, 2.24) is 5.32 Å². The molecule has 0 aliphatic carbocycles. The van der Waals surface area contributed by atoms with Gasteiger partial charge in [-0.25, -0.2) is 4.79 Å². The highest BCUT2D eigenvalue weighted by Crippen LogP contribution is 2.17. The Labute approximate surface area is 107 Å². The second kappa shape index (κ2) is 5.67. The van der Waals surface area contributed by atoms with Crippen molar-refractivity contribution in [3.05, 3.63) is 28.2 Å². The molecule has 17 heavy (non-hydrogen) atoms. The molecule has 6 heteroatoms. The van der Waals surface area contributed by atoms with Crippen LogP contribution in [-0.4, -0.2) is 23.0 Å². The number of carboxylic acids is 1. The molecular weight excluding hydrogens is 288 g/mol. The Bertz CT molecular complexity index is 428. The summed E-state index contributed by atoms with van der Waals surface area (Å²) in [4.78, 5) is 22.6. The topological polar surface area (TPSA) is 92.4 Å². The van der Waals surface area contributed by atoms with Crippen LogP contribution in [0.15, 0.2) is 22.7 Å². The van der Waals surface area contributed by atoms with Gasteiger partial charge in [0.1, 0.15) is 6.04 Å². The SMILES string of the molecule is CCC(NC(=O)c1cc(N)cc(Br)c1)C(=O)O. The number of anilines is 1. The van der Waals surface area contributed by atoms with Gasteiger partial charge in [0.15, 0.2) is 0 Å². The molecule has 1 aromatic rings. The quantitative estimate of drug-likeness (QED) is 0.737. The number of aliphatic carboxylic acids is 1. The van der Waals surface area contributed by atoms with E-state index in [1.165, 1.54) is 6.07 Å². The first kappa shape index (κ1) is 13.5. The highest BCUT2D eigenvalue weighted by Gasteiger charge is 2.18. The van der Waals surface area contributed by atoms with Gasteiger partial charge in [-0.05, 0) is 24.6 Å². The largest absolute Gasteiger partial charge is 0.480 e. The van der Waals surface area contributed by atoms with E-state index in [4.69, 9.17) is 10.8 Å². The van der Waals surface area contributed by atoms with Crippen molar-refractivity contribution >= 4 is 33.5 Å². The van der Waals surface area contributed by atoms with E-state index in [1.807, 2.05) is 0 Å². The molecule has 0 aliphatic heterocycles. The van der Waals surface area contributed by atoms with Crippen LogP contribution in [0.4, 0.5) is 5.69 Å². The summed E-state index contributed by atoms with van der Waals surface area (Å²) in [7, 11) is 0. The Kier molecular flexibility index (Phi) is 4.51. The molecule has 1 aromatic carbocycles. The van der Waals surface area contributed by atoms with Crippen LogP contribution < -0.4 is 11.1 Å². The van der Waals surface area contributed by atoms with Gasteiger partial charge in [0.05, 0.1) is 0 Å². The third-order valence-electron chi connectivity index (χ3n) is 2.19. The molecule has 1 amide bonds. The van der Waals surface area contributed by atoms with E-state index < -0.39 is 17.9 Å². The number of halogens is 1. The van der Waals surface area contributed by atoms with E-state index in [-0.39, 0.29) is 0 Å². The number of carbonyl (C=O) groups is 2. The number of carbonyl (C=O) groups excluding carboxylic acids is 1. The minimum Gasteiger partial charge on any atom is -0.480 e. The molecule has 0 aromatic heterocycles. The van der Waals surface area contributed by atoms with Crippen LogP contribution in [0, 0.1) is 0 Å². The van der Waals surface area contributed by atoms with E-state index >= 15 is 0 Å². The van der Waals surface area contributed by atoms with Crippen LogP contribution in [-0.2, 0) is 4.79 Å². The maximum atomic E-state index is 11.8.